The Labute approximate surface area is 94.8 Å². The highest BCUT2D eigenvalue weighted by Gasteiger charge is 2.25. The number of anilines is 2. The van der Waals surface area contributed by atoms with Crippen LogP contribution in [0.5, 0.6) is 5.75 Å². The van der Waals surface area contributed by atoms with Crippen molar-refractivity contribution < 1.29 is 9.13 Å². The lowest BCUT2D eigenvalue weighted by molar-refractivity contribution is 0.309. The van der Waals surface area contributed by atoms with Crippen molar-refractivity contribution in [3.63, 3.8) is 0 Å². The summed E-state index contributed by atoms with van der Waals surface area (Å²) in [5, 5.41) is 3.31. The van der Waals surface area contributed by atoms with E-state index in [0.29, 0.717) is 11.7 Å². The van der Waals surface area contributed by atoms with Gasteiger partial charge in [0.05, 0.1) is 18.5 Å². The molecule has 0 bridgehead atoms. The first-order chi connectivity index (χ1) is 7.60. The van der Waals surface area contributed by atoms with Crippen molar-refractivity contribution in [3.8, 4) is 5.75 Å². The van der Waals surface area contributed by atoms with Gasteiger partial charge in [-0.25, -0.2) is 4.39 Å². The lowest BCUT2D eigenvalue weighted by Gasteiger charge is -2.34. The molecule has 0 amide bonds. The van der Waals surface area contributed by atoms with E-state index >= 15 is 0 Å². The summed E-state index contributed by atoms with van der Waals surface area (Å²) in [4.78, 5) is 0. The lowest BCUT2D eigenvalue weighted by Crippen LogP contribution is -2.34. The van der Waals surface area contributed by atoms with Crippen molar-refractivity contribution >= 4 is 11.4 Å². The SMILES string of the molecule is COc1cc(NC2CC(C)C2)c(N)cc1F. The molecule has 0 aliphatic heterocycles. The maximum Gasteiger partial charge on any atom is 0.167 e. The summed E-state index contributed by atoms with van der Waals surface area (Å²) in [6.45, 7) is 2.22. The van der Waals surface area contributed by atoms with Crippen LogP contribution in [0.1, 0.15) is 19.8 Å². The molecule has 0 aromatic heterocycles. The second-order valence-corrected chi connectivity index (χ2v) is 4.49. The van der Waals surface area contributed by atoms with Gasteiger partial charge in [0.1, 0.15) is 0 Å². The second-order valence-electron chi connectivity index (χ2n) is 4.49. The molecule has 0 heterocycles. The van der Waals surface area contributed by atoms with Crippen molar-refractivity contribution in [2.45, 2.75) is 25.8 Å². The molecule has 0 spiro atoms. The molecule has 1 aliphatic rings. The molecule has 88 valence electrons. The fourth-order valence-electron chi connectivity index (χ4n) is 2.09. The molecule has 0 atom stereocenters. The van der Waals surface area contributed by atoms with E-state index in [4.69, 9.17) is 10.5 Å². The number of methoxy groups -OCH3 is 1. The number of nitrogens with two attached hydrogens (primary N) is 1. The summed E-state index contributed by atoms with van der Waals surface area (Å²) in [6.07, 6.45) is 2.28. The Morgan fingerprint density at radius 2 is 2.12 bits per heavy atom. The Kier molecular flexibility index (Phi) is 2.90. The standard InChI is InChI=1S/C12H17FN2O/c1-7-3-8(4-7)15-11-6-12(16-2)9(13)5-10(11)14/h5-8,15H,3-4,14H2,1-2H3. The van der Waals surface area contributed by atoms with Crippen LogP contribution in [0.3, 0.4) is 0 Å². The molecule has 0 unspecified atom stereocenters. The lowest BCUT2D eigenvalue weighted by atomic mass is 9.82. The highest BCUT2D eigenvalue weighted by atomic mass is 19.1. The minimum Gasteiger partial charge on any atom is -0.494 e. The smallest absolute Gasteiger partial charge is 0.167 e. The first-order valence-corrected chi connectivity index (χ1v) is 5.49. The molecule has 16 heavy (non-hydrogen) atoms. The third-order valence-corrected chi connectivity index (χ3v) is 3.06. The van der Waals surface area contributed by atoms with Gasteiger partial charge >= 0.3 is 0 Å². The molecule has 0 saturated heterocycles. The van der Waals surface area contributed by atoms with Crippen LogP contribution < -0.4 is 15.8 Å². The van der Waals surface area contributed by atoms with Crippen molar-refractivity contribution in [1.29, 1.82) is 0 Å². The molecular weight excluding hydrogens is 207 g/mol. The largest absolute Gasteiger partial charge is 0.494 e. The average molecular weight is 224 g/mol. The highest BCUT2D eigenvalue weighted by Crippen LogP contribution is 2.33. The number of rotatable bonds is 3. The zero-order valence-corrected chi connectivity index (χ0v) is 9.59. The van der Waals surface area contributed by atoms with Crippen LogP contribution >= 0.6 is 0 Å². The van der Waals surface area contributed by atoms with Crippen LogP contribution in [0.25, 0.3) is 0 Å². The highest BCUT2D eigenvalue weighted by molar-refractivity contribution is 5.69. The molecule has 3 N–H and O–H groups in total. The monoisotopic (exact) mass is 224 g/mol. The van der Waals surface area contributed by atoms with Gasteiger partial charge < -0.3 is 15.8 Å². The van der Waals surface area contributed by atoms with E-state index in [2.05, 4.69) is 12.2 Å². The van der Waals surface area contributed by atoms with E-state index in [1.54, 1.807) is 6.07 Å². The Bertz CT molecular complexity index is 389. The summed E-state index contributed by atoms with van der Waals surface area (Å²) < 4.78 is 18.2. The topological polar surface area (TPSA) is 47.3 Å². The van der Waals surface area contributed by atoms with Crippen LogP contribution in [0.2, 0.25) is 0 Å². The molecule has 0 radical (unpaired) electrons. The van der Waals surface area contributed by atoms with Gasteiger partial charge in [-0.05, 0) is 18.8 Å². The number of hydrogen-bond donors (Lipinski definition) is 2. The van der Waals surface area contributed by atoms with E-state index in [9.17, 15) is 4.39 Å². The molecule has 1 saturated carbocycles. The van der Waals surface area contributed by atoms with Crippen LogP contribution in [0.15, 0.2) is 12.1 Å². The number of hydrogen-bond acceptors (Lipinski definition) is 3. The van der Waals surface area contributed by atoms with E-state index < -0.39 is 5.82 Å². The molecule has 1 aromatic rings. The molecular formula is C12H17FN2O. The van der Waals surface area contributed by atoms with E-state index in [1.807, 2.05) is 0 Å². The predicted octanol–water partition coefficient (Wildman–Crippen LogP) is 2.63. The zero-order valence-electron chi connectivity index (χ0n) is 9.59. The normalized spacial score (nSPS) is 23.7. The van der Waals surface area contributed by atoms with Crippen LogP contribution in [-0.4, -0.2) is 13.2 Å². The van der Waals surface area contributed by atoms with E-state index in [1.165, 1.54) is 13.2 Å². The Hall–Kier alpha value is -1.45. The molecule has 1 aliphatic carbocycles. The van der Waals surface area contributed by atoms with Gasteiger partial charge in [0.15, 0.2) is 11.6 Å². The minimum atomic E-state index is -0.424. The number of nitrogen functional groups attached to an aromatic ring is 1. The summed E-state index contributed by atoms with van der Waals surface area (Å²) in [7, 11) is 1.45. The summed E-state index contributed by atoms with van der Waals surface area (Å²) >= 11 is 0. The number of ether oxygens (including phenoxy) is 1. The van der Waals surface area contributed by atoms with Gasteiger partial charge in [-0.3, -0.25) is 0 Å². The maximum atomic E-state index is 13.3. The molecule has 3 nitrogen and oxygen atoms in total. The Balaban J connectivity index is 2.13. The van der Waals surface area contributed by atoms with Gasteiger partial charge in [0.25, 0.3) is 0 Å². The van der Waals surface area contributed by atoms with Crippen molar-refractivity contribution in [3.05, 3.63) is 17.9 Å². The van der Waals surface area contributed by atoms with E-state index in [0.717, 1.165) is 24.4 Å². The van der Waals surface area contributed by atoms with Crippen LogP contribution in [0, 0.1) is 11.7 Å². The van der Waals surface area contributed by atoms with Crippen molar-refractivity contribution in [2.75, 3.05) is 18.2 Å². The van der Waals surface area contributed by atoms with Crippen molar-refractivity contribution in [1.82, 2.24) is 0 Å². The quantitative estimate of drug-likeness (QED) is 0.776. The zero-order chi connectivity index (χ0) is 11.7. The van der Waals surface area contributed by atoms with Gasteiger partial charge in [-0.1, -0.05) is 6.92 Å². The molecule has 1 fully saturated rings. The van der Waals surface area contributed by atoms with Crippen LogP contribution in [-0.2, 0) is 0 Å². The minimum absolute atomic E-state index is 0.226. The number of benzene rings is 1. The van der Waals surface area contributed by atoms with Crippen molar-refractivity contribution in [2.24, 2.45) is 5.92 Å². The fourth-order valence-corrected chi connectivity index (χ4v) is 2.09. The average Bonchev–Trinajstić information content (AvgIpc) is 2.19. The first kappa shape index (κ1) is 11.0. The summed E-state index contributed by atoms with van der Waals surface area (Å²) in [5.41, 5.74) is 6.94. The predicted molar refractivity (Wildman–Crippen MR) is 63.2 cm³/mol. The van der Waals surface area contributed by atoms with E-state index in [-0.39, 0.29) is 5.75 Å². The number of halogens is 1. The maximum absolute atomic E-state index is 13.3. The van der Waals surface area contributed by atoms with Gasteiger partial charge in [-0.15, -0.1) is 0 Å². The first-order valence-electron chi connectivity index (χ1n) is 5.49. The van der Waals surface area contributed by atoms with Gasteiger partial charge in [-0.2, -0.15) is 0 Å². The van der Waals surface area contributed by atoms with Crippen LogP contribution in [0.4, 0.5) is 15.8 Å². The third-order valence-electron chi connectivity index (χ3n) is 3.06. The molecule has 2 rings (SSSR count). The third kappa shape index (κ3) is 2.05. The summed E-state index contributed by atoms with van der Waals surface area (Å²) in [5.74, 6) is 0.567. The fraction of sp³-hybridized carbons (Fsp3) is 0.500. The van der Waals surface area contributed by atoms with Gasteiger partial charge in [0, 0.05) is 18.2 Å². The van der Waals surface area contributed by atoms with Gasteiger partial charge in [0.2, 0.25) is 0 Å². The summed E-state index contributed by atoms with van der Waals surface area (Å²) in [6, 6.07) is 3.36. The Morgan fingerprint density at radius 1 is 1.44 bits per heavy atom. The second kappa shape index (κ2) is 4.20. The molecule has 1 aromatic carbocycles. The number of nitrogens with one attached hydrogen (secondary N) is 1. The molecule has 4 heteroatoms. The Morgan fingerprint density at radius 3 is 2.69 bits per heavy atom.